The van der Waals surface area contributed by atoms with Crippen molar-refractivity contribution in [3.05, 3.63) is 101 Å². The summed E-state index contributed by atoms with van der Waals surface area (Å²) in [5, 5.41) is 7.30. The topological polar surface area (TPSA) is 82.5 Å². The highest BCUT2D eigenvalue weighted by atomic mass is 32.1. The molecule has 8 nitrogen and oxygen atoms in total. The molecular formula is C39H41N3O5S. The molecule has 5 aromatic rings. The molecule has 0 bridgehead atoms. The first-order valence-electron chi connectivity index (χ1n) is 16.2. The summed E-state index contributed by atoms with van der Waals surface area (Å²) in [6.07, 6.45) is 2.20. The van der Waals surface area contributed by atoms with Crippen LogP contribution >= 0.6 is 11.3 Å². The van der Waals surface area contributed by atoms with Gasteiger partial charge in [-0.3, -0.25) is 4.79 Å². The third-order valence-corrected chi connectivity index (χ3v) is 9.85. The molecule has 0 N–H and O–H groups in total. The Bertz CT molecular complexity index is 1950. The third kappa shape index (κ3) is 7.01. The number of aryl methyl sites for hydroxylation is 2. The smallest absolute Gasteiger partial charge is 0.240 e. The van der Waals surface area contributed by atoms with Gasteiger partial charge in [0, 0.05) is 24.5 Å². The molecule has 1 aliphatic heterocycles. The first-order chi connectivity index (χ1) is 23.2. The summed E-state index contributed by atoms with van der Waals surface area (Å²) >= 11 is 1.69. The zero-order valence-corrected chi connectivity index (χ0v) is 29.1. The quantitative estimate of drug-likeness (QED) is 0.124. The summed E-state index contributed by atoms with van der Waals surface area (Å²) in [5.41, 5.74) is 8.10. The number of amides is 1. The number of benzene rings is 4. The van der Waals surface area contributed by atoms with Crippen molar-refractivity contribution >= 4 is 33.2 Å². The summed E-state index contributed by atoms with van der Waals surface area (Å²) < 4.78 is 24.8. The lowest BCUT2D eigenvalue weighted by atomic mass is 9.95. The van der Waals surface area contributed by atoms with Gasteiger partial charge < -0.3 is 18.9 Å². The van der Waals surface area contributed by atoms with Gasteiger partial charge in [0.2, 0.25) is 5.91 Å². The third-order valence-electron chi connectivity index (χ3n) is 8.76. The second-order valence-corrected chi connectivity index (χ2v) is 13.1. The highest BCUT2D eigenvalue weighted by Crippen LogP contribution is 2.39. The molecule has 2 heterocycles. The molecule has 48 heavy (non-hydrogen) atoms. The molecule has 248 valence electrons. The van der Waals surface area contributed by atoms with Gasteiger partial charge in [-0.2, -0.15) is 5.10 Å². The van der Waals surface area contributed by atoms with Crippen molar-refractivity contribution in [3.63, 3.8) is 0 Å². The second-order valence-electron chi connectivity index (χ2n) is 12.0. The van der Waals surface area contributed by atoms with Crippen molar-refractivity contribution in [2.45, 2.75) is 53.0 Å². The van der Waals surface area contributed by atoms with Gasteiger partial charge in [-0.05, 0) is 98.3 Å². The van der Waals surface area contributed by atoms with E-state index in [9.17, 15) is 4.79 Å². The number of fused-ring (bicyclic) bond motifs is 1. The van der Waals surface area contributed by atoms with E-state index in [1.807, 2.05) is 49.4 Å². The van der Waals surface area contributed by atoms with E-state index in [4.69, 9.17) is 29.0 Å². The maximum atomic E-state index is 12.7. The Morgan fingerprint density at radius 3 is 2.27 bits per heavy atom. The molecule has 0 fully saturated rings. The fourth-order valence-corrected chi connectivity index (χ4v) is 6.87. The van der Waals surface area contributed by atoms with Crippen LogP contribution in [0.4, 0.5) is 0 Å². The Balaban J connectivity index is 1.07. The molecule has 9 heteroatoms. The fraction of sp³-hybridized carbons (Fsp3) is 0.308. The maximum absolute atomic E-state index is 12.7. The van der Waals surface area contributed by atoms with Gasteiger partial charge in [0.25, 0.3) is 0 Å². The van der Waals surface area contributed by atoms with Crippen LogP contribution in [0, 0.1) is 20.8 Å². The van der Waals surface area contributed by atoms with Crippen LogP contribution in [-0.4, -0.2) is 49.0 Å². The van der Waals surface area contributed by atoms with Crippen molar-refractivity contribution in [1.29, 1.82) is 0 Å². The van der Waals surface area contributed by atoms with Gasteiger partial charge in [0.15, 0.2) is 11.5 Å². The summed E-state index contributed by atoms with van der Waals surface area (Å²) in [6, 6.07) is 24.1. The van der Waals surface area contributed by atoms with E-state index in [1.54, 1.807) is 37.5 Å². The normalized spacial score (nSPS) is 14.2. The van der Waals surface area contributed by atoms with E-state index in [1.165, 1.54) is 4.70 Å². The lowest BCUT2D eigenvalue weighted by Gasteiger charge is -2.22. The largest absolute Gasteiger partial charge is 0.496 e. The number of methoxy groups -OCH3 is 2. The molecule has 1 aromatic heterocycles. The van der Waals surface area contributed by atoms with Crippen LogP contribution in [0.2, 0.25) is 0 Å². The molecule has 1 amide bonds. The highest BCUT2D eigenvalue weighted by Gasteiger charge is 2.32. The monoisotopic (exact) mass is 663 g/mol. The van der Waals surface area contributed by atoms with Crippen molar-refractivity contribution < 1.29 is 23.7 Å². The van der Waals surface area contributed by atoms with E-state index in [0.717, 1.165) is 74.0 Å². The van der Waals surface area contributed by atoms with Crippen molar-refractivity contribution in [1.82, 2.24) is 9.99 Å². The molecule has 4 aromatic carbocycles. The molecule has 0 spiro atoms. The number of aromatic nitrogens is 1. The van der Waals surface area contributed by atoms with Crippen LogP contribution in [0.1, 0.15) is 60.0 Å². The Kier molecular flexibility index (Phi) is 9.96. The fourth-order valence-electron chi connectivity index (χ4n) is 5.91. The minimum Gasteiger partial charge on any atom is -0.496 e. The summed E-state index contributed by atoms with van der Waals surface area (Å²) in [5.74, 6) is 2.84. The average Bonchev–Trinajstić information content (AvgIpc) is 3.74. The van der Waals surface area contributed by atoms with Crippen LogP contribution in [0.15, 0.2) is 77.9 Å². The lowest BCUT2D eigenvalue weighted by Crippen LogP contribution is -2.24. The number of ether oxygens (including phenoxy) is 4. The highest BCUT2D eigenvalue weighted by molar-refractivity contribution is 7.21. The molecule has 1 unspecified atom stereocenters. The van der Waals surface area contributed by atoms with E-state index in [2.05, 4.69) is 44.2 Å². The average molecular weight is 664 g/mol. The molecule has 1 atom stereocenters. The Labute approximate surface area is 285 Å². The second kappa shape index (κ2) is 14.5. The minimum atomic E-state index is -0.256. The number of unbranched alkanes of at least 4 members (excludes halogenated alkanes) is 1. The molecular weight excluding hydrogens is 623 g/mol. The van der Waals surface area contributed by atoms with Crippen LogP contribution in [0.5, 0.6) is 23.0 Å². The molecule has 6 rings (SSSR count). The summed E-state index contributed by atoms with van der Waals surface area (Å²) in [4.78, 5) is 17.5. The van der Waals surface area contributed by atoms with Gasteiger partial charge in [0.05, 0.1) is 49.4 Å². The van der Waals surface area contributed by atoms with Gasteiger partial charge >= 0.3 is 0 Å². The summed E-state index contributed by atoms with van der Waals surface area (Å²) in [7, 11) is 3.30. The lowest BCUT2D eigenvalue weighted by molar-refractivity contribution is -0.130. The number of para-hydroxylation sites is 1. The van der Waals surface area contributed by atoms with E-state index in [-0.39, 0.29) is 11.9 Å². The van der Waals surface area contributed by atoms with Crippen LogP contribution < -0.4 is 18.9 Å². The van der Waals surface area contributed by atoms with Crippen molar-refractivity contribution in [3.8, 4) is 33.6 Å². The number of carbonyl (C=O) groups excluding carboxylic acids is 1. The maximum Gasteiger partial charge on any atom is 0.240 e. The van der Waals surface area contributed by atoms with Crippen molar-refractivity contribution in [2.75, 3.05) is 27.4 Å². The Hall–Kier alpha value is -4.89. The molecule has 0 radical (unpaired) electrons. The number of rotatable bonds is 12. The molecule has 1 aliphatic rings. The zero-order chi connectivity index (χ0) is 33.8. The van der Waals surface area contributed by atoms with Crippen LogP contribution in [0.25, 0.3) is 20.8 Å². The molecule has 0 saturated carbocycles. The number of hydrogen-bond donors (Lipinski definition) is 0. The first kappa shape index (κ1) is 33.0. The first-order valence-corrected chi connectivity index (χ1v) is 17.0. The number of nitrogens with zero attached hydrogens (tertiary/aromatic N) is 3. The zero-order valence-electron chi connectivity index (χ0n) is 28.3. The molecule has 0 aliphatic carbocycles. The minimum absolute atomic E-state index is 0.120. The SMILES string of the molecule is COc1ccc(C2CC(c3cc(C)c(C)c(OC)c3)=NN2C(C)=O)cc1OCCCCOc1cc(-c2nc3ccccc3s2)ccc1C. The van der Waals surface area contributed by atoms with Gasteiger partial charge in [-0.1, -0.05) is 30.3 Å². The van der Waals surface area contributed by atoms with Gasteiger partial charge in [-0.25, -0.2) is 9.99 Å². The number of hydrogen-bond acceptors (Lipinski definition) is 8. The van der Waals surface area contributed by atoms with Crippen LogP contribution in [0.3, 0.4) is 0 Å². The van der Waals surface area contributed by atoms with Crippen molar-refractivity contribution in [2.24, 2.45) is 5.10 Å². The Morgan fingerprint density at radius 2 is 1.54 bits per heavy atom. The standard InChI is InChI=1S/C39H41N3O5S/c1-24-13-14-29(39-40-31-11-7-8-12-38(31)48-39)21-35(24)46-17-9-10-18-47-37-20-28(15-16-34(37)44-5)33-23-32(41-42(33)27(4)43)30-19-25(2)26(3)36(22-30)45-6/h7-8,11-16,19-22,33H,9-10,17-18,23H2,1-6H3. The van der Waals surface area contributed by atoms with E-state index in [0.29, 0.717) is 31.1 Å². The number of hydrazone groups is 1. The van der Waals surface area contributed by atoms with E-state index >= 15 is 0 Å². The van der Waals surface area contributed by atoms with Crippen LogP contribution in [-0.2, 0) is 4.79 Å². The van der Waals surface area contributed by atoms with Gasteiger partial charge in [0.1, 0.15) is 16.5 Å². The van der Waals surface area contributed by atoms with E-state index < -0.39 is 0 Å². The number of carbonyl (C=O) groups is 1. The summed E-state index contributed by atoms with van der Waals surface area (Å²) in [6.45, 7) is 8.77. The molecule has 0 saturated heterocycles. The Morgan fingerprint density at radius 1 is 0.812 bits per heavy atom. The van der Waals surface area contributed by atoms with Gasteiger partial charge in [-0.15, -0.1) is 11.3 Å². The number of thiazole rings is 1. The predicted molar refractivity (Wildman–Crippen MR) is 192 cm³/mol. The predicted octanol–water partition coefficient (Wildman–Crippen LogP) is 8.84.